The van der Waals surface area contributed by atoms with E-state index < -0.39 is 9.84 Å². The Labute approximate surface area is 118 Å². The van der Waals surface area contributed by atoms with Crippen LogP contribution in [0.25, 0.3) is 0 Å². The van der Waals surface area contributed by atoms with E-state index in [0.29, 0.717) is 24.4 Å². The second-order valence-corrected chi connectivity index (χ2v) is 7.13. The van der Waals surface area contributed by atoms with Crippen LogP contribution in [0.4, 0.5) is 5.69 Å². The fraction of sp³-hybridized carbons (Fsp3) is 0.462. The number of carbonyl (C=O) groups excluding carboxylic acids is 1. The van der Waals surface area contributed by atoms with Gasteiger partial charge in [-0.2, -0.15) is 0 Å². The summed E-state index contributed by atoms with van der Waals surface area (Å²) in [5, 5.41) is 2.68. The molecule has 1 atom stereocenters. The van der Waals surface area contributed by atoms with Crippen LogP contribution in [0.2, 0.25) is 0 Å². The second kappa shape index (κ2) is 6.13. The number of amides is 1. The molecule has 110 valence electrons. The highest BCUT2D eigenvalue weighted by Crippen LogP contribution is 2.19. The lowest BCUT2D eigenvalue weighted by Crippen LogP contribution is -2.33. The van der Waals surface area contributed by atoms with E-state index >= 15 is 0 Å². The molecule has 6 nitrogen and oxygen atoms in total. The van der Waals surface area contributed by atoms with Crippen LogP contribution in [-0.4, -0.2) is 39.0 Å². The number of nitrogen functional groups attached to an aromatic ring is 1. The van der Waals surface area contributed by atoms with Gasteiger partial charge in [-0.1, -0.05) is 12.1 Å². The SMILES string of the molecule is Nc1ccccc1OCC(=O)NCC1CCS(=O)(=O)C1. The highest BCUT2D eigenvalue weighted by molar-refractivity contribution is 7.91. The van der Waals surface area contributed by atoms with Crippen LogP contribution in [0.5, 0.6) is 5.75 Å². The van der Waals surface area contributed by atoms with Crippen molar-refractivity contribution in [2.75, 3.05) is 30.4 Å². The Balaban J connectivity index is 1.73. The fourth-order valence-corrected chi connectivity index (χ4v) is 3.96. The van der Waals surface area contributed by atoms with Crippen molar-refractivity contribution in [3.05, 3.63) is 24.3 Å². The number of sulfone groups is 1. The van der Waals surface area contributed by atoms with Gasteiger partial charge in [0.2, 0.25) is 0 Å². The summed E-state index contributed by atoms with van der Waals surface area (Å²) >= 11 is 0. The molecule has 0 aliphatic carbocycles. The van der Waals surface area contributed by atoms with Gasteiger partial charge in [-0.25, -0.2) is 8.42 Å². The molecule has 1 aromatic rings. The first-order chi connectivity index (χ1) is 9.46. The molecule has 3 N–H and O–H groups in total. The van der Waals surface area contributed by atoms with Gasteiger partial charge in [-0.3, -0.25) is 4.79 Å². The fourth-order valence-electron chi connectivity index (χ4n) is 2.10. The van der Waals surface area contributed by atoms with E-state index in [1.807, 2.05) is 0 Å². The maximum absolute atomic E-state index is 11.6. The van der Waals surface area contributed by atoms with Gasteiger partial charge in [0.15, 0.2) is 16.4 Å². The van der Waals surface area contributed by atoms with Gasteiger partial charge in [0.05, 0.1) is 17.2 Å². The van der Waals surface area contributed by atoms with Crippen molar-refractivity contribution in [3.63, 3.8) is 0 Å². The minimum Gasteiger partial charge on any atom is -0.482 e. The third kappa shape index (κ3) is 4.12. The highest BCUT2D eigenvalue weighted by atomic mass is 32.2. The van der Waals surface area contributed by atoms with E-state index in [0.717, 1.165) is 0 Å². The van der Waals surface area contributed by atoms with Crippen molar-refractivity contribution in [1.82, 2.24) is 5.32 Å². The molecule has 0 bridgehead atoms. The Bertz CT molecular complexity index is 586. The van der Waals surface area contributed by atoms with Crippen molar-refractivity contribution in [1.29, 1.82) is 0 Å². The predicted molar refractivity (Wildman–Crippen MR) is 76.1 cm³/mol. The number of hydrogen-bond donors (Lipinski definition) is 2. The summed E-state index contributed by atoms with van der Waals surface area (Å²) in [7, 11) is -2.90. The Morgan fingerprint density at radius 1 is 1.40 bits per heavy atom. The second-order valence-electron chi connectivity index (χ2n) is 4.90. The van der Waals surface area contributed by atoms with Crippen LogP contribution in [0, 0.1) is 5.92 Å². The Morgan fingerprint density at radius 2 is 2.15 bits per heavy atom. The molecule has 1 aliphatic rings. The van der Waals surface area contributed by atoms with Crippen molar-refractivity contribution in [2.24, 2.45) is 5.92 Å². The summed E-state index contributed by atoms with van der Waals surface area (Å²) in [6.07, 6.45) is 0.606. The Kier molecular flexibility index (Phi) is 4.49. The molecular formula is C13H18N2O4S. The summed E-state index contributed by atoms with van der Waals surface area (Å²) in [5.74, 6) is 0.555. The summed E-state index contributed by atoms with van der Waals surface area (Å²) in [6, 6.07) is 6.93. The zero-order valence-electron chi connectivity index (χ0n) is 11.0. The maximum atomic E-state index is 11.6. The number of ether oxygens (including phenoxy) is 1. The van der Waals surface area contributed by atoms with E-state index in [9.17, 15) is 13.2 Å². The van der Waals surface area contributed by atoms with E-state index in [1.54, 1.807) is 24.3 Å². The van der Waals surface area contributed by atoms with Gasteiger partial charge < -0.3 is 15.8 Å². The molecule has 0 aromatic heterocycles. The van der Waals surface area contributed by atoms with Crippen LogP contribution >= 0.6 is 0 Å². The van der Waals surface area contributed by atoms with Gasteiger partial charge in [-0.15, -0.1) is 0 Å². The first-order valence-electron chi connectivity index (χ1n) is 6.41. The number of hydrogen-bond acceptors (Lipinski definition) is 5. The van der Waals surface area contributed by atoms with Crippen molar-refractivity contribution >= 4 is 21.4 Å². The molecule has 2 rings (SSSR count). The molecule has 1 aromatic carbocycles. The topological polar surface area (TPSA) is 98.5 Å². The molecule has 1 heterocycles. The number of nitrogens with one attached hydrogen (secondary N) is 1. The lowest BCUT2D eigenvalue weighted by Gasteiger charge is -2.11. The maximum Gasteiger partial charge on any atom is 0.257 e. The quantitative estimate of drug-likeness (QED) is 0.757. The van der Waals surface area contributed by atoms with Crippen LogP contribution < -0.4 is 15.8 Å². The smallest absolute Gasteiger partial charge is 0.257 e. The molecule has 1 aliphatic heterocycles. The minimum atomic E-state index is -2.90. The first kappa shape index (κ1) is 14.6. The van der Waals surface area contributed by atoms with Crippen molar-refractivity contribution < 1.29 is 17.9 Å². The number of para-hydroxylation sites is 2. The zero-order valence-corrected chi connectivity index (χ0v) is 11.9. The normalized spacial score (nSPS) is 20.5. The summed E-state index contributed by atoms with van der Waals surface area (Å²) < 4.78 is 27.9. The van der Waals surface area contributed by atoms with Gasteiger partial charge in [0.25, 0.3) is 5.91 Å². The average molecular weight is 298 g/mol. The van der Waals surface area contributed by atoms with E-state index in [4.69, 9.17) is 10.5 Å². The summed E-state index contributed by atoms with van der Waals surface area (Å²) in [5.41, 5.74) is 6.16. The third-order valence-corrected chi connectivity index (χ3v) is 5.03. The summed E-state index contributed by atoms with van der Waals surface area (Å²) in [4.78, 5) is 11.6. The molecule has 0 saturated carbocycles. The number of nitrogens with two attached hydrogens (primary N) is 1. The molecular weight excluding hydrogens is 280 g/mol. The minimum absolute atomic E-state index is 0.00532. The van der Waals surface area contributed by atoms with Gasteiger partial charge in [-0.05, 0) is 24.5 Å². The first-order valence-corrected chi connectivity index (χ1v) is 8.23. The monoisotopic (exact) mass is 298 g/mol. The number of anilines is 1. The molecule has 0 spiro atoms. The molecule has 1 amide bonds. The van der Waals surface area contributed by atoms with Crippen molar-refractivity contribution in [3.8, 4) is 5.75 Å². The third-order valence-electron chi connectivity index (χ3n) is 3.19. The van der Waals surface area contributed by atoms with Gasteiger partial charge in [0, 0.05) is 6.54 Å². The van der Waals surface area contributed by atoms with Crippen LogP contribution in [0.1, 0.15) is 6.42 Å². The Morgan fingerprint density at radius 3 is 2.80 bits per heavy atom. The lowest BCUT2D eigenvalue weighted by molar-refractivity contribution is -0.123. The van der Waals surface area contributed by atoms with Gasteiger partial charge in [0.1, 0.15) is 5.75 Å². The van der Waals surface area contributed by atoms with Crippen molar-refractivity contribution in [2.45, 2.75) is 6.42 Å². The lowest BCUT2D eigenvalue weighted by atomic mass is 10.1. The number of carbonyl (C=O) groups is 1. The molecule has 1 saturated heterocycles. The van der Waals surface area contributed by atoms with Gasteiger partial charge >= 0.3 is 0 Å². The van der Waals surface area contributed by atoms with E-state index in [2.05, 4.69) is 5.32 Å². The zero-order chi connectivity index (χ0) is 14.6. The predicted octanol–water partition coefficient (Wildman–Crippen LogP) is 0.198. The van der Waals surface area contributed by atoms with E-state index in [1.165, 1.54) is 0 Å². The molecule has 1 unspecified atom stereocenters. The van der Waals surface area contributed by atoms with E-state index in [-0.39, 0.29) is 29.9 Å². The van der Waals surface area contributed by atoms with Crippen LogP contribution in [-0.2, 0) is 14.6 Å². The largest absolute Gasteiger partial charge is 0.482 e. The molecule has 1 fully saturated rings. The molecule has 7 heteroatoms. The van der Waals surface area contributed by atoms with Crippen LogP contribution in [0.15, 0.2) is 24.3 Å². The standard InChI is InChI=1S/C13H18N2O4S/c14-11-3-1-2-4-12(11)19-8-13(16)15-7-10-5-6-20(17,18)9-10/h1-4,10H,5-9,14H2,(H,15,16). The highest BCUT2D eigenvalue weighted by Gasteiger charge is 2.27. The Hall–Kier alpha value is -1.76. The number of rotatable bonds is 5. The molecule has 20 heavy (non-hydrogen) atoms. The number of benzene rings is 1. The summed E-state index contributed by atoms with van der Waals surface area (Å²) in [6.45, 7) is 0.235. The van der Waals surface area contributed by atoms with Crippen LogP contribution in [0.3, 0.4) is 0 Å². The average Bonchev–Trinajstić information content (AvgIpc) is 2.75. The molecule has 0 radical (unpaired) electrons.